The Morgan fingerprint density at radius 1 is 0.923 bits per heavy atom. The van der Waals surface area contributed by atoms with E-state index < -0.39 is 0 Å². The summed E-state index contributed by atoms with van der Waals surface area (Å²) in [5, 5.41) is 0. The van der Waals surface area contributed by atoms with Crippen LogP contribution in [0.3, 0.4) is 0 Å². The average Bonchev–Trinajstić information content (AvgIpc) is 2.85. The second-order valence-corrected chi connectivity index (χ2v) is 7.36. The molecule has 0 radical (unpaired) electrons. The molecule has 1 saturated heterocycles. The van der Waals surface area contributed by atoms with Crippen LogP contribution in [-0.4, -0.2) is 54.6 Å². The van der Waals surface area contributed by atoms with Crippen LogP contribution in [0.1, 0.15) is 24.0 Å². The Morgan fingerprint density at radius 2 is 1.65 bits per heavy atom. The highest BCUT2D eigenvalue weighted by atomic mass is 15.3. The number of aromatic nitrogens is 2. The Balaban J connectivity index is 1.68. The van der Waals surface area contributed by atoms with E-state index in [1.54, 1.807) is 0 Å². The van der Waals surface area contributed by atoms with Crippen molar-refractivity contribution in [2.24, 2.45) is 0 Å². The van der Waals surface area contributed by atoms with Crippen LogP contribution in [0.4, 0.5) is 17.6 Å². The van der Waals surface area contributed by atoms with Crippen LogP contribution in [-0.2, 0) is 13.0 Å². The molecule has 0 aliphatic carbocycles. The number of nitrogens with zero attached hydrogens (tertiary/aromatic N) is 5. The number of rotatable bonds is 3. The number of fused-ring (bicyclic) bond motifs is 1. The van der Waals surface area contributed by atoms with Crippen LogP contribution in [0.5, 0.6) is 0 Å². The lowest BCUT2D eigenvalue weighted by Gasteiger charge is -2.35. The molecular formula is C20H28N6. The quantitative estimate of drug-likeness (QED) is 0.913. The number of anilines is 3. The summed E-state index contributed by atoms with van der Waals surface area (Å²) in [6.07, 6.45) is 3.38. The third-order valence-electron chi connectivity index (χ3n) is 5.40. The number of hydrogen-bond acceptors (Lipinski definition) is 6. The van der Waals surface area contributed by atoms with Gasteiger partial charge in [-0.2, -0.15) is 9.97 Å². The molecule has 0 atom stereocenters. The fraction of sp³-hybridized carbons (Fsp3) is 0.500. The zero-order chi connectivity index (χ0) is 17.9. The van der Waals surface area contributed by atoms with Crippen molar-refractivity contribution in [2.45, 2.75) is 25.8 Å². The molecule has 0 bridgehead atoms. The minimum absolute atomic E-state index is 0.387. The van der Waals surface area contributed by atoms with Crippen molar-refractivity contribution in [1.82, 2.24) is 14.9 Å². The van der Waals surface area contributed by atoms with Gasteiger partial charge in [-0.05, 0) is 31.9 Å². The molecule has 2 aliphatic rings. The van der Waals surface area contributed by atoms with E-state index in [1.807, 2.05) is 0 Å². The Morgan fingerprint density at radius 3 is 2.42 bits per heavy atom. The minimum Gasteiger partial charge on any atom is -0.368 e. The van der Waals surface area contributed by atoms with Gasteiger partial charge in [-0.1, -0.05) is 30.3 Å². The first-order chi connectivity index (χ1) is 12.7. The highest BCUT2D eigenvalue weighted by Gasteiger charge is 2.26. The van der Waals surface area contributed by atoms with Gasteiger partial charge < -0.3 is 20.4 Å². The molecule has 1 aromatic heterocycles. The third-order valence-corrected chi connectivity index (χ3v) is 5.40. The SMILES string of the molecule is CN1CCN(c2nc(N)nc3c2CCCCN3Cc2ccccc2)CC1. The third kappa shape index (κ3) is 3.60. The predicted molar refractivity (Wildman–Crippen MR) is 107 cm³/mol. The van der Waals surface area contributed by atoms with Gasteiger partial charge in [0, 0.05) is 44.8 Å². The van der Waals surface area contributed by atoms with Gasteiger partial charge in [0.25, 0.3) is 0 Å². The number of likely N-dealkylation sites (N-methyl/N-ethyl adjacent to an activating group) is 1. The maximum Gasteiger partial charge on any atom is 0.223 e. The topological polar surface area (TPSA) is 61.5 Å². The maximum atomic E-state index is 6.14. The van der Waals surface area contributed by atoms with Crippen molar-refractivity contribution in [3.05, 3.63) is 41.5 Å². The summed E-state index contributed by atoms with van der Waals surface area (Å²) >= 11 is 0. The Bertz CT molecular complexity index is 739. The van der Waals surface area contributed by atoms with Crippen LogP contribution in [0.25, 0.3) is 0 Å². The van der Waals surface area contributed by atoms with Gasteiger partial charge in [-0.15, -0.1) is 0 Å². The molecule has 0 spiro atoms. The Labute approximate surface area is 155 Å². The number of hydrogen-bond donors (Lipinski definition) is 1. The second-order valence-electron chi connectivity index (χ2n) is 7.36. The molecule has 0 saturated carbocycles. The first kappa shape index (κ1) is 17.1. The molecule has 2 aromatic rings. The van der Waals surface area contributed by atoms with Crippen LogP contribution < -0.4 is 15.5 Å². The van der Waals surface area contributed by atoms with Gasteiger partial charge in [0.05, 0.1) is 0 Å². The normalized spacial score (nSPS) is 18.5. The Kier molecular flexibility index (Phi) is 4.93. The highest BCUT2D eigenvalue weighted by Crippen LogP contribution is 2.33. The van der Waals surface area contributed by atoms with Gasteiger partial charge in [-0.3, -0.25) is 0 Å². The molecule has 6 heteroatoms. The summed E-state index contributed by atoms with van der Waals surface area (Å²) in [7, 11) is 2.17. The smallest absolute Gasteiger partial charge is 0.223 e. The molecule has 0 amide bonds. The molecule has 1 aromatic carbocycles. The summed E-state index contributed by atoms with van der Waals surface area (Å²) in [5.74, 6) is 2.48. The minimum atomic E-state index is 0.387. The Hall–Kier alpha value is -2.34. The summed E-state index contributed by atoms with van der Waals surface area (Å²) < 4.78 is 0. The average molecular weight is 352 g/mol. The number of piperazine rings is 1. The van der Waals surface area contributed by atoms with Crippen molar-refractivity contribution in [2.75, 3.05) is 55.3 Å². The zero-order valence-corrected chi connectivity index (χ0v) is 15.6. The van der Waals surface area contributed by atoms with Crippen LogP contribution >= 0.6 is 0 Å². The lowest BCUT2D eigenvalue weighted by Crippen LogP contribution is -2.45. The van der Waals surface area contributed by atoms with E-state index >= 15 is 0 Å². The molecule has 2 aliphatic heterocycles. The predicted octanol–water partition coefficient (Wildman–Crippen LogP) is 2.15. The fourth-order valence-corrected chi connectivity index (χ4v) is 3.91. The second kappa shape index (κ2) is 7.50. The van der Waals surface area contributed by atoms with E-state index in [-0.39, 0.29) is 0 Å². The van der Waals surface area contributed by atoms with Gasteiger partial charge in [0.15, 0.2) is 0 Å². The zero-order valence-electron chi connectivity index (χ0n) is 15.6. The van der Waals surface area contributed by atoms with E-state index in [0.29, 0.717) is 5.95 Å². The molecule has 3 heterocycles. The summed E-state index contributed by atoms with van der Waals surface area (Å²) in [4.78, 5) is 16.5. The monoisotopic (exact) mass is 352 g/mol. The number of nitrogen functional groups attached to an aromatic ring is 1. The molecule has 26 heavy (non-hydrogen) atoms. The van der Waals surface area contributed by atoms with Crippen molar-refractivity contribution >= 4 is 17.6 Å². The van der Waals surface area contributed by atoms with Gasteiger partial charge in [0.1, 0.15) is 11.6 Å². The van der Waals surface area contributed by atoms with Crippen LogP contribution in [0, 0.1) is 0 Å². The van der Waals surface area contributed by atoms with Crippen molar-refractivity contribution in [1.29, 1.82) is 0 Å². The molecule has 0 unspecified atom stereocenters. The van der Waals surface area contributed by atoms with Crippen molar-refractivity contribution in [3.8, 4) is 0 Å². The summed E-state index contributed by atoms with van der Waals surface area (Å²) in [5.41, 5.74) is 8.72. The first-order valence-electron chi connectivity index (χ1n) is 9.59. The first-order valence-corrected chi connectivity index (χ1v) is 9.59. The number of benzene rings is 1. The van der Waals surface area contributed by atoms with E-state index in [2.05, 4.69) is 62.0 Å². The van der Waals surface area contributed by atoms with Crippen molar-refractivity contribution < 1.29 is 0 Å². The molecule has 138 valence electrons. The van der Waals surface area contributed by atoms with Crippen molar-refractivity contribution in [3.63, 3.8) is 0 Å². The largest absolute Gasteiger partial charge is 0.368 e. The number of nitrogens with two attached hydrogens (primary N) is 1. The van der Waals surface area contributed by atoms with Crippen LogP contribution in [0.2, 0.25) is 0 Å². The molecule has 4 rings (SSSR count). The lowest BCUT2D eigenvalue weighted by atomic mass is 10.1. The van der Waals surface area contributed by atoms with E-state index in [9.17, 15) is 0 Å². The molecule has 2 N–H and O–H groups in total. The molecule has 1 fully saturated rings. The lowest BCUT2D eigenvalue weighted by molar-refractivity contribution is 0.312. The summed E-state index contributed by atoms with van der Waals surface area (Å²) in [6.45, 7) is 6.00. The van der Waals surface area contributed by atoms with Gasteiger partial charge in [-0.25, -0.2) is 0 Å². The maximum absolute atomic E-state index is 6.14. The van der Waals surface area contributed by atoms with E-state index in [0.717, 1.165) is 57.3 Å². The van der Waals surface area contributed by atoms with Gasteiger partial charge in [0.2, 0.25) is 5.95 Å². The standard InChI is InChI=1S/C20H28N6/c1-24-11-13-25(14-12-24)18-17-9-5-6-10-26(19(17)23-20(21)22-18)15-16-7-3-2-4-8-16/h2-4,7-8H,5-6,9-15H2,1H3,(H2,21,22,23). The summed E-state index contributed by atoms with van der Waals surface area (Å²) in [6, 6.07) is 10.6. The molecular weight excluding hydrogens is 324 g/mol. The highest BCUT2D eigenvalue weighted by molar-refractivity contribution is 5.63. The molecule has 6 nitrogen and oxygen atoms in total. The van der Waals surface area contributed by atoms with Crippen LogP contribution in [0.15, 0.2) is 30.3 Å². The van der Waals surface area contributed by atoms with E-state index in [1.165, 1.54) is 24.0 Å². The fourth-order valence-electron chi connectivity index (χ4n) is 3.91. The van der Waals surface area contributed by atoms with Gasteiger partial charge >= 0.3 is 0 Å². The van der Waals surface area contributed by atoms with E-state index in [4.69, 9.17) is 5.73 Å².